The molecular weight excluding hydrogens is 258 g/mol. The minimum Gasteiger partial charge on any atom is -0.476 e. The minimum atomic E-state index is -1.08. The van der Waals surface area contributed by atoms with Gasteiger partial charge in [-0.25, -0.2) is 9.48 Å². The van der Waals surface area contributed by atoms with Gasteiger partial charge in [-0.05, 0) is 25.1 Å². The fourth-order valence-corrected chi connectivity index (χ4v) is 1.86. The second kappa shape index (κ2) is 4.61. The highest BCUT2D eigenvalue weighted by Crippen LogP contribution is 2.22. The fraction of sp³-hybridized carbons (Fsp3) is 0.0769. The van der Waals surface area contributed by atoms with E-state index in [1.54, 1.807) is 23.3 Å². The van der Waals surface area contributed by atoms with Crippen molar-refractivity contribution in [1.29, 1.82) is 0 Å². The molecule has 0 aliphatic rings. The van der Waals surface area contributed by atoms with E-state index in [2.05, 4.69) is 20.3 Å². The van der Waals surface area contributed by atoms with Crippen molar-refractivity contribution in [1.82, 2.24) is 25.0 Å². The molecule has 0 saturated heterocycles. The predicted octanol–water partition coefficient (Wildman–Crippen LogP) is 1.66. The lowest BCUT2D eigenvalue weighted by Gasteiger charge is -2.05. The number of nitrogens with one attached hydrogen (secondary N) is 1. The molecule has 20 heavy (non-hydrogen) atoms. The molecule has 0 spiro atoms. The third-order valence-corrected chi connectivity index (χ3v) is 2.86. The summed E-state index contributed by atoms with van der Waals surface area (Å²) < 4.78 is 1.54. The maximum Gasteiger partial charge on any atom is 0.356 e. The molecule has 2 N–H and O–H groups in total. The number of hydrogen-bond donors (Lipinski definition) is 2. The molecule has 0 fully saturated rings. The number of aryl methyl sites for hydroxylation is 1. The van der Waals surface area contributed by atoms with Crippen LogP contribution in [-0.4, -0.2) is 36.0 Å². The van der Waals surface area contributed by atoms with Crippen molar-refractivity contribution >= 4 is 5.97 Å². The van der Waals surface area contributed by atoms with E-state index in [0.29, 0.717) is 11.4 Å². The third kappa shape index (κ3) is 2.05. The van der Waals surface area contributed by atoms with Crippen molar-refractivity contribution in [3.05, 3.63) is 48.2 Å². The molecule has 7 nitrogen and oxygen atoms in total. The van der Waals surface area contributed by atoms with Crippen LogP contribution in [0.4, 0.5) is 0 Å². The number of carbonyl (C=O) groups is 1. The molecule has 0 radical (unpaired) electrons. The molecule has 7 heteroatoms. The topological polar surface area (TPSA) is 96.7 Å². The van der Waals surface area contributed by atoms with Crippen molar-refractivity contribution in [3.63, 3.8) is 0 Å². The molecule has 100 valence electrons. The molecule has 0 aliphatic carbocycles. The van der Waals surface area contributed by atoms with Crippen LogP contribution in [-0.2, 0) is 0 Å². The zero-order chi connectivity index (χ0) is 14.1. The van der Waals surface area contributed by atoms with Gasteiger partial charge in [0.05, 0.1) is 23.8 Å². The van der Waals surface area contributed by atoms with Gasteiger partial charge in [0.25, 0.3) is 0 Å². The largest absolute Gasteiger partial charge is 0.476 e. The number of H-pyrrole nitrogens is 1. The third-order valence-electron chi connectivity index (χ3n) is 2.86. The first kappa shape index (κ1) is 12.1. The van der Waals surface area contributed by atoms with Gasteiger partial charge in [-0.3, -0.25) is 10.1 Å². The first-order valence-electron chi connectivity index (χ1n) is 5.90. The van der Waals surface area contributed by atoms with Gasteiger partial charge in [0.15, 0.2) is 5.69 Å². The molecule has 0 saturated carbocycles. The number of rotatable bonds is 3. The van der Waals surface area contributed by atoms with E-state index in [4.69, 9.17) is 5.11 Å². The number of hydrogen-bond acceptors (Lipinski definition) is 4. The van der Waals surface area contributed by atoms with E-state index < -0.39 is 5.97 Å². The van der Waals surface area contributed by atoms with E-state index in [9.17, 15) is 4.79 Å². The van der Waals surface area contributed by atoms with E-state index in [0.717, 1.165) is 11.3 Å². The van der Waals surface area contributed by atoms with Crippen molar-refractivity contribution in [2.24, 2.45) is 0 Å². The normalized spacial score (nSPS) is 10.7. The number of pyridine rings is 1. The molecule has 3 heterocycles. The summed E-state index contributed by atoms with van der Waals surface area (Å²) in [6.45, 7) is 1.88. The summed E-state index contributed by atoms with van der Waals surface area (Å²) >= 11 is 0. The monoisotopic (exact) mass is 269 g/mol. The first-order chi connectivity index (χ1) is 9.65. The van der Waals surface area contributed by atoms with Gasteiger partial charge in [0.2, 0.25) is 0 Å². The van der Waals surface area contributed by atoms with Crippen molar-refractivity contribution < 1.29 is 9.90 Å². The highest BCUT2D eigenvalue weighted by atomic mass is 16.4. The molecule has 0 aromatic carbocycles. The number of carboxylic acid groups (broad SMARTS) is 1. The number of aromatic nitrogens is 5. The summed E-state index contributed by atoms with van der Waals surface area (Å²) in [7, 11) is 0. The number of aromatic carboxylic acids is 1. The number of carboxylic acids is 1. The molecule has 0 bridgehead atoms. The second-order valence-corrected chi connectivity index (χ2v) is 4.28. The Morgan fingerprint density at radius 2 is 2.20 bits per heavy atom. The predicted molar refractivity (Wildman–Crippen MR) is 70.6 cm³/mol. The lowest BCUT2D eigenvalue weighted by molar-refractivity contribution is 0.0690. The molecule has 0 aliphatic heterocycles. The van der Waals surface area contributed by atoms with Crippen LogP contribution in [0.5, 0.6) is 0 Å². The minimum absolute atomic E-state index is 0.0261. The quantitative estimate of drug-likeness (QED) is 0.753. The Morgan fingerprint density at radius 3 is 2.80 bits per heavy atom. The van der Waals surface area contributed by atoms with Crippen LogP contribution < -0.4 is 0 Å². The highest BCUT2D eigenvalue weighted by molar-refractivity contribution is 5.87. The van der Waals surface area contributed by atoms with Gasteiger partial charge in [-0.15, -0.1) is 0 Å². The van der Waals surface area contributed by atoms with Crippen LogP contribution in [0, 0.1) is 6.92 Å². The summed E-state index contributed by atoms with van der Waals surface area (Å²) in [5.41, 5.74) is 2.94. The molecule has 0 amide bonds. The Balaban J connectivity index is 2.18. The molecule has 0 unspecified atom stereocenters. The number of nitrogens with zero attached hydrogens (tertiary/aromatic N) is 4. The average Bonchev–Trinajstić information content (AvgIpc) is 3.08. The summed E-state index contributed by atoms with van der Waals surface area (Å²) in [4.78, 5) is 15.3. The SMILES string of the molecule is Cc1ccc(-n2nc(C(=O)O)cc2-c2cn[nH]c2)cn1. The maximum absolute atomic E-state index is 11.1. The summed E-state index contributed by atoms with van der Waals surface area (Å²) in [6.07, 6.45) is 4.94. The van der Waals surface area contributed by atoms with Crippen molar-refractivity contribution in [2.45, 2.75) is 6.92 Å². The van der Waals surface area contributed by atoms with Gasteiger partial charge in [-0.2, -0.15) is 10.2 Å². The zero-order valence-electron chi connectivity index (χ0n) is 10.6. The lowest BCUT2D eigenvalue weighted by Crippen LogP contribution is -2.02. The molecular formula is C13H11N5O2. The molecule has 3 aromatic rings. The van der Waals surface area contributed by atoms with Crippen LogP contribution in [0.15, 0.2) is 36.8 Å². The molecule has 0 atom stereocenters. The maximum atomic E-state index is 11.1. The number of aromatic amines is 1. The van der Waals surface area contributed by atoms with Crippen molar-refractivity contribution in [2.75, 3.05) is 0 Å². The van der Waals surface area contributed by atoms with E-state index in [-0.39, 0.29) is 5.69 Å². The standard InChI is InChI=1S/C13H11N5O2/c1-8-2-3-10(7-14-8)18-12(9-5-15-16-6-9)4-11(17-18)13(19)20/h2-7H,1H3,(H,15,16)(H,19,20). The van der Waals surface area contributed by atoms with Crippen LogP contribution >= 0.6 is 0 Å². The van der Waals surface area contributed by atoms with Gasteiger partial charge >= 0.3 is 5.97 Å². The van der Waals surface area contributed by atoms with Crippen LogP contribution in [0.25, 0.3) is 16.9 Å². The van der Waals surface area contributed by atoms with Crippen LogP contribution in [0.2, 0.25) is 0 Å². The Morgan fingerprint density at radius 1 is 1.35 bits per heavy atom. The zero-order valence-corrected chi connectivity index (χ0v) is 10.6. The summed E-state index contributed by atoms with van der Waals surface area (Å²) in [5.74, 6) is -1.08. The van der Waals surface area contributed by atoms with Gasteiger partial charge in [0.1, 0.15) is 0 Å². The van der Waals surface area contributed by atoms with Gasteiger partial charge < -0.3 is 5.11 Å². The molecule has 3 aromatic heterocycles. The van der Waals surface area contributed by atoms with E-state index in [1.165, 1.54) is 6.07 Å². The van der Waals surface area contributed by atoms with Crippen molar-refractivity contribution in [3.8, 4) is 16.9 Å². The van der Waals surface area contributed by atoms with Crippen LogP contribution in [0.1, 0.15) is 16.2 Å². The Labute approximate surface area is 113 Å². The Bertz CT molecular complexity index is 744. The Kier molecular flexibility index (Phi) is 2.79. The lowest BCUT2D eigenvalue weighted by atomic mass is 10.2. The highest BCUT2D eigenvalue weighted by Gasteiger charge is 2.16. The van der Waals surface area contributed by atoms with Crippen LogP contribution in [0.3, 0.4) is 0 Å². The summed E-state index contributed by atoms with van der Waals surface area (Å²) in [6, 6.07) is 5.19. The molecule has 3 rings (SSSR count). The van der Waals surface area contributed by atoms with Gasteiger partial charge in [0, 0.05) is 17.5 Å². The van der Waals surface area contributed by atoms with E-state index >= 15 is 0 Å². The fourth-order valence-electron chi connectivity index (χ4n) is 1.86. The Hall–Kier alpha value is -2.96. The summed E-state index contributed by atoms with van der Waals surface area (Å²) in [5, 5.41) is 19.8. The average molecular weight is 269 g/mol. The van der Waals surface area contributed by atoms with Gasteiger partial charge in [-0.1, -0.05) is 0 Å². The van der Waals surface area contributed by atoms with E-state index in [1.807, 2.05) is 19.1 Å². The first-order valence-corrected chi connectivity index (χ1v) is 5.90. The smallest absolute Gasteiger partial charge is 0.356 e. The second-order valence-electron chi connectivity index (χ2n) is 4.28.